The van der Waals surface area contributed by atoms with Crippen molar-refractivity contribution in [1.29, 1.82) is 0 Å². The molecule has 1 amide bonds. The summed E-state index contributed by atoms with van der Waals surface area (Å²) >= 11 is 0. The number of carbonyl (C=O) groups excluding carboxylic acids is 1. The maximum atomic E-state index is 13.0. The number of aryl methyl sites for hydroxylation is 1. The Morgan fingerprint density at radius 2 is 1.59 bits per heavy atom. The molecular formula is C29H33F3N2O3. The highest BCUT2D eigenvalue weighted by Crippen LogP contribution is 2.34. The minimum atomic E-state index is -4.38. The van der Waals surface area contributed by atoms with Crippen molar-refractivity contribution in [3.8, 4) is 11.5 Å². The second kappa shape index (κ2) is 12.6. The van der Waals surface area contributed by atoms with Crippen LogP contribution in [0.1, 0.15) is 54.6 Å². The Balaban J connectivity index is 1.94. The van der Waals surface area contributed by atoms with Gasteiger partial charge in [-0.2, -0.15) is 13.2 Å². The zero-order valence-electron chi connectivity index (χ0n) is 21.4. The lowest BCUT2D eigenvalue weighted by Gasteiger charge is -2.27. The van der Waals surface area contributed by atoms with Crippen LogP contribution in [0.2, 0.25) is 0 Å². The van der Waals surface area contributed by atoms with Crippen LogP contribution in [0.25, 0.3) is 0 Å². The molecule has 2 unspecified atom stereocenters. The van der Waals surface area contributed by atoms with Gasteiger partial charge in [0.2, 0.25) is 5.91 Å². The Bertz CT molecular complexity index is 1150. The van der Waals surface area contributed by atoms with Crippen molar-refractivity contribution < 1.29 is 27.4 Å². The molecule has 2 atom stereocenters. The predicted octanol–water partition coefficient (Wildman–Crippen LogP) is 6.25. The van der Waals surface area contributed by atoms with E-state index < -0.39 is 17.8 Å². The van der Waals surface area contributed by atoms with Crippen molar-refractivity contribution in [2.45, 2.75) is 51.1 Å². The highest BCUT2D eigenvalue weighted by molar-refractivity contribution is 5.83. The average Bonchev–Trinajstić information content (AvgIpc) is 2.88. The van der Waals surface area contributed by atoms with E-state index in [-0.39, 0.29) is 18.1 Å². The number of alkyl halides is 3. The molecule has 0 saturated heterocycles. The summed E-state index contributed by atoms with van der Waals surface area (Å²) in [7, 11) is 3.15. The van der Waals surface area contributed by atoms with E-state index in [1.165, 1.54) is 12.1 Å². The lowest BCUT2D eigenvalue weighted by Crippen LogP contribution is -2.38. The van der Waals surface area contributed by atoms with E-state index in [1.54, 1.807) is 14.2 Å². The highest BCUT2D eigenvalue weighted by Gasteiger charge is 2.30. The number of halogens is 3. The van der Waals surface area contributed by atoms with Crippen molar-refractivity contribution in [3.05, 3.63) is 95.1 Å². The molecule has 8 heteroatoms. The zero-order valence-corrected chi connectivity index (χ0v) is 21.4. The minimum absolute atomic E-state index is 0.0781. The lowest BCUT2D eigenvalue weighted by atomic mass is 9.95. The van der Waals surface area contributed by atoms with E-state index >= 15 is 0 Å². The van der Waals surface area contributed by atoms with Gasteiger partial charge in [0, 0.05) is 13.1 Å². The second-order valence-electron chi connectivity index (χ2n) is 8.99. The number of likely N-dealkylation sites (N-methyl/N-ethyl adjacent to an activating group) is 1. The van der Waals surface area contributed by atoms with Crippen LogP contribution in [0.15, 0.2) is 72.8 Å². The van der Waals surface area contributed by atoms with Crippen molar-refractivity contribution >= 4 is 5.91 Å². The molecule has 0 bridgehead atoms. The quantitative estimate of drug-likeness (QED) is 0.318. The zero-order chi connectivity index (χ0) is 27.0. The number of hydrogen-bond donors (Lipinski definition) is 2. The topological polar surface area (TPSA) is 59.6 Å². The molecule has 0 spiro atoms. The number of nitrogens with one attached hydrogen (secondary N) is 2. The molecule has 0 saturated carbocycles. The van der Waals surface area contributed by atoms with E-state index in [0.717, 1.165) is 28.8 Å². The van der Waals surface area contributed by atoms with Gasteiger partial charge in [-0.05, 0) is 67.6 Å². The van der Waals surface area contributed by atoms with Crippen LogP contribution >= 0.6 is 0 Å². The fourth-order valence-corrected chi connectivity index (χ4v) is 4.09. The summed E-state index contributed by atoms with van der Waals surface area (Å²) in [5.74, 6) is 0.968. The molecule has 198 valence electrons. The van der Waals surface area contributed by atoms with Gasteiger partial charge in [-0.25, -0.2) is 0 Å². The van der Waals surface area contributed by atoms with Gasteiger partial charge in [-0.15, -0.1) is 0 Å². The molecule has 0 aliphatic heterocycles. The first-order valence-corrected chi connectivity index (χ1v) is 12.2. The predicted molar refractivity (Wildman–Crippen MR) is 138 cm³/mol. The smallest absolute Gasteiger partial charge is 0.416 e. The molecule has 0 radical (unpaired) electrons. The fraction of sp³-hybridized carbons (Fsp3) is 0.345. The van der Waals surface area contributed by atoms with Gasteiger partial charge < -0.3 is 14.8 Å². The molecule has 0 aromatic heterocycles. The third-order valence-corrected chi connectivity index (χ3v) is 5.97. The first-order valence-electron chi connectivity index (χ1n) is 12.2. The Labute approximate surface area is 216 Å². The number of rotatable bonds is 11. The van der Waals surface area contributed by atoms with Crippen LogP contribution < -0.4 is 20.1 Å². The van der Waals surface area contributed by atoms with E-state index in [2.05, 4.69) is 10.6 Å². The van der Waals surface area contributed by atoms with Crippen LogP contribution in [0, 0.1) is 0 Å². The standard InChI is InChI=1S/C29H33F3N2O3/c1-19(2)37-26-18-22(13-17-25(26)36-4)24(16-12-20-10-14-23(15-11-20)29(30,31)32)34-27(28(35)33-3)21-8-6-5-7-9-21/h5-11,13-15,17-19,24,27,34H,12,16H2,1-4H3,(H,33,35). The molecule has 0 aliphatic rings. The minimum Gasteiger partial charge on any atom is -0.493 e. The number of amides is 1. The Morgan fingerprint density at radius 1 is 0.919 bits per heavy atom. The molecule has 3 aromatic carbocycles. The monoisotopic (exact) mass is 514 g/mol. The SMILES string of the molecule is CNC(=O)C(NC(CCc1ccc(C(F)(F)F)cc1)c1ccc(OC)c(OC(C)C)c1)c1ccccc1. The lowest BCUT2D eigenvalue weighted by molar-refractivity contribution is -0.137. The molecule has 2 N–H and O–H groups in total. The number of methoxy groups -OCH3 is 1. The van der Waals surface area contributed by atoms with Crippen LogP contribution in [-0.4, -0.2) is 26.2 Å². The fourth-order valence-electron chi connectivity index (χ4n) is 4.09. The Kier molecular flexibility index (Phi) is 9.58. The largest absolute Gasteiger partial charge is 0.493 e. The third kappa shape index (κ3) is 7.73. The first-order chi connectivity index (χ1) is 17.6. The van der Waals surface area contributed by atoms with Gasteiger partial charge in [0.05, 0.1) is 18.8 Å². The number of benzene rings is 3. The summed E-state index contributed by atoms with van der Waals surface area (Å²) in [6, 6.07) is 19.2. The maximum absolute atomic E-state index is 13.0. The number of ether oxygens (including phenoxy) is 2. The van der Waals surface area contributed by atoms with Crippen molar-refractivity contribution in [2.24, 2.45) is 0 Å². The van der Waals surface area contributed by atoms with Crippen LogP contribution in [0.4, 0.5) is 13.2 Å². The highest BCUT2D eigenvalue weighted by atomic mass is 19.4. The van der Waals surface area contributed by atoms with Gasteiger partial charge in [-0.1, -0.05) is 48.5 Å². The number of carbonyl (C=O) groups is 1. The molecular weight excluding hydrogens is 481 g/mol. The summed E-state index contributed by atoms with van der Waals surface area (Å²) in [6.45, 7) is 3.84. The van der Waals surface area contributed by atoms with Crippen molar-refractivity contribution in [3.63, 3.8) is 0 Å². The van der Waals surface area contributed by atoms with Gasteiger partial charge in [0.1, 0.15) is 6.04 Å². The average molecular weight is 515 g/mol. The van der Waals surface area contributed by atoms with Crippen LogP contribution in [0.3, 0.4) is 0 Å². The molecule has 3 aromatic rings. The van der Waals surface area contributed by atoms with Gasteiger partial charge in [0.15, 0.2) is 11.5 Å². The van der Waals surface area contributed by atoms with E-state index in [9.17, 15) is 18.0 Å². The van der Waals surface area contributed by atoms with Gasteiger partial charge in [-0.3, -0.25) is 10.1 Å². The van der Waals surface area contributed by atoms with Gasteiger partial charge in [0.25, 0.3) is 0 Å². The summed E-state index contributed by atoms with van der Waals surface area (Å²) in [4.78, 5) is 12.9. The van der Waals surface area contributed by atoms with Crippen molar-refractivity contribution in [1.82, 2.24) is 10.6 Å². The molecule has 5 nitrogen and oxygen atoms in total. The molecule has 37 heavy (non-hydrogen) atoms. The third-order valence-electron chi connectivity index (χ3n) is 5.97. The molecule has 0 aliphatic carbocycles. The first kappa shape index (κ1) is 28.1. The summed E-state index contributed by atoms with van der Waals surface area (Å²) in [5, 5.41) is 6.19. The molecule has 3 rings (SSSR count). The summed E-state index contributed by atoms with van der Waals surface area (Å²) < 4.78 is 50.4. The number of hydrogen-bond acceptors (Lipinski definition) is 4. The van der Waals surface area contributed by atoms with E-state index in [1.807, 2.05) is 62.4 Å². The normalized spacial score (nSPS) is 13.2. The molecule has 0 fully saturated rings. The van der Waals surface area contributed by atoms with Crippen LogP contribution in [0.5, 0.6) is 11.5 Å². The van der Waals surface area contributed by atoms with Crippen LogP contribution in [-0.2, 0) is 17.4 Å². The van der Waals surface area contributed by atoms with Crippen molar-refractivity contribution in [2.75, 3.05) is 14.2 Å². The van der Waals surface area contributed by atoms with Gasteiger partial charge >= 0.3 is 6.18 Å². The maximum Gasteiger partial charge on any atom is 0.416 e. The Morgan fingerprint density at radius 3 is 2.16 bits per heavy atom. The van der Waals surface area contributed by atoms with E-state index in [0.29, 0.717) is 24.3 Å². The summed E-state index contributed by atoms with van der Waals surface area (Å²) in [5.41, 5.74) is 1.75. The second-order valence-corrected chi connectivity index (χ2v) is 8.99. The van der Waals surface area contributed by atoms with E-state index in [4.69, 9.17) is 9.47 Å². The Hall–Kier alpha value is -3.52. The summed E-state index contributed by atoms with van der Waals surface area (Å²) in [6.07, 6.45) is -3.43. The molecule has 0 heterocycles.